The second-order valence-corrected chi connectivity index (χ2v) is 8.67. The summed E-state index contributed by atoms with van der Waals surface area (Å²) in [6.45, 7) is 3.85. The van der Waals surface area contributed by atoms with Gasteiger partial charge in [-0.15, -0.1) is 0 Å². The second-order valence-electron chi connectivity index (χ2n) is 7.75. The van der Waals surface area contributed by atoms with Gasteiger partial charge in [-0.25, -0.2) is 0 Å². The molecule has 0 spiro atoms. The monoisotopic (exact) mass is 490 g/mol. The maximum absolute atomic E-state index is 10.4. The summed E-state index contributed by atoms with van der Waals surface area (Å²) in [6, 6.07) is 20.4. The lowest BCUT2D eigenvalue weighted by atomic mass is 9.53. The smallest absolute Gasteiger partial charge is 0.244 e. The Balaban J connectivity index is 2.07. The fourth-order valence-corrected chi connectivity index (χ4v) is 5.21. The Morgan fingerprint density at radius 3 is 2.38 bits per heavy atom. The van der Waals surface area contributed by atoms with Gasteiger partial charge in [-0.05, 0) is 25.1 Å². The first-order chi connectivity index (χ1) is 15.4. The molecular formula is C24H19BrN4O3. The Morgan fingerprint density at radius 1 is 1.09 bits per heavy atom. The lowest BCUT2D eigenvalue weighted by molar-refractivity contribution is -0.288. The summed E-state index contributed by atoms with van der Waals surface area (Å²) in [6.07, 6.45) is -1.23. The minimum atomic E-state index is -2.06. The molecule has 0 aliphatic carbocycles. The standard InChI is InChI=1S/C24H19BrN4O3/c1-3-30-19-10-9-17(25)11-18(19)20-22(12-26,13-27)23(14-28)15(2)24(31-20,32-21(23)29)16-7-5-4-6-8-16/h4-11,15,20,29H,3H2,1-2H3. The molecule has 32 heavy (non-hydrogen) atoms. The van der Waals surface area contributed by atoms with Gasteiger partial charge in [-0.3, -0.25) is 5.41 Å². The van der Waals surface area contributed by atoms with Crippen LogP contribution in [0, 0.1) is 56.2 Å². The highest BCUT2D eigenvalue weighted by Crippen LogP contribution is 2.69. The normalized spacial score (nSPS) is 29.8. The molecule has 0 radical (unpaired) electrons. The van der Waals surface area contributed by atoms with Crippen molar-refractivity contribution < 1.29 is 14.2 Å². The van der Waals surface area contributed by atoms with Crippen molar-refractivity contribution in [1.29, 1.82) is 21.2 Å². The molecule has 2 aliphatic rings. The van der Waals surface area contributed by atoms with Crippen molar-refractivity contribution in [3.63, 3.8) is 0 Å². The SMILES string of the molecule is CCOc1ccc(Br)cc1C1OC2(c3ccccc3)OC(=N)C(C#N)(C2C)C1(C#N)C#N. The fourth-order valence-electron chi connectivity index (χ4n) is 4.83. The van der Waals surface area contributed by atoms with E-state index in [4.69, 9.17) is 19.6 Å². The average molecular weight is 491 g/mol. The van der Waals surface area contributed by atoms with E-state index in [1.165, 1.54) is 0 Å². The number of hydrogen-bond donors (Lipinski definition) is 1. The lowest BCUT2D eigenvalue weighted by Gasteiger charge is -2.49. The molecule has 1 N–H and O–H groups in total. The van der Waals surface area contributed by atoms with Crippen LogP contribution in [0.4, 0.5) is 0 Å². The molecule has 4 unspecified atom stereocenters. The van der Waals surface area contributed by atoms with Crippen LogP contribution in [0.1, 0.15) is 31.1 Å². The molecule has 2 heterocycles. The molecule has 0 saturated carbocycles. The number of nitrogens with one attached hydrogen (secondary N) is 1. The van der Waals surface area contributed by atoms with Crippen LogP contribution in [-0.2, 0) is 15.3 Å². The fraction of sp³-hybridized carbons (Fsp3) is 0.333. The van der Waals surface area contributed by atoms with Crippen LogP contribution in [0.15, 0.2) is 53.0 Å². The number of benzene rings is 2. The molecule has 7 nitrogen and oxygen atoms in total. The van der Waals surface area contributed by atoms with Gasteiger partial charge in [-0.1, -0.05) is 53.2 Å². The number of halogens is 1. The molecule has 2 aromatic rings. The van der Waals surface area contributed by atoms with Crippen molar-refractivity contribution in [3.05, 3.63) is 64.1 Å². The minimum absolute atomic E-state index is 0.351. The molecule has 4 atom stereocenters. The van der Waals surface area contributed by atoms with E-state index in [2.05, 4.69) is 34.1 Å². The zero-order chi connectivity index (χ0) is 23.1. The summed E-state index contributed by atoms with van der Waals surface area (Å²) in [7, 11) is 0. The molecule has 2 saturated heterocycles. The third-order valence-corrected chi connectivity index (χ3v) is 6.89. The number of ether oxygens (including phenoxy) is 3. The van der Waals surface area contributed by atoms with Crippen molar-refractivity contribution in [2.75, 3.05) is 6.61 Å². The first kappa shape index (κ1) is 21.8. The largest absolute Gasteiger partial charge is 0.493 e. The van der Waals surface area contributed by atoms with Gasteiger partial charge in [0.15, 0.2) is 5.41 Å². The van der Waals surface area contributed by atoms with E-state index in [1.54, 1.807) is 49.4 Å². The summed E-state index contributed by atoms with van der Waals surface area (Å²) in [5.74, 6) is -2.36. The summed E-state index contributed by atoms with van der Waals surface area (Å²) >= 11 is 3.44. The van der Waals surface area contributed by atoms with Crippen LogP contribution in [0.3, 0.4) is 0 Å². The van der Waals surface area contributed by atoms with Crippen molar-refractivity contribution in [1.82, 2.24) is 0 Å². The van der Waals surface area contributed by atoms with E-state index in [1.807, 2.05) is 13.0 Å². The molecular weight excluding hydrogens is 472 g/mol. The van der Waals surface area contributed by atoms with Gasteiger partial charge in [0.1, 0.15) is 11.9 Å². The summed E-state index contributed by atoms with van der Waals surface area (Å²) < 4.78 is 19.0. The van der Waals surface area contributed by atoms with Crippen LogP contribution in [0.25, 0.3) is 0 Å². The Bertz CT molecular complexity index is 1200. The number of nitrogens with zero attached hydrogens (tertiary/aromatic N) is 3. The van der Waals surface area contributed by atoms with Gasteiger partial charge < -0.3 is 14.2 Å². The van der Waals surface area contributed by atoms with Gasteiger partial charge >= 0.3 is 0 Å². The quantitative estimate of drug-likeness (QED) is 0.645. The molecule has 4 rings (SSSR count). The van der Waals surface area contributed by atoms with E-state index in [9.17, 15) is 15.8 Å². The maximum atomic E-state index is 10.4. The summed E-state index contributed by atoms with van der Waals surface area (Å²) in [4.78, 5) is 0. The summed E-state index contributed by atoms with van der Waals surface area (Å²) in [5, 5.41) is 39.8. The van der Waals surface area contributed by atoms with Crippen molar-refractivity contribution >= 4 is 21.8 Å². The van der Waals surface area contributed by atoms with Crippen LogP contribution in [0.5, 0.6) is 5.75 Å². The van der Waals surface area contributed by atoms with E-state index < -0.39 is 34.5 Å². The van der Waals surface area contributed by atoms with Crippen LogP contribution >= 0.6 is 15.9 Å². The number of fused-ring (bicyclic) bond motifs is 2. The van der Waals surface area contributed by atoms with E-state index in [-0.39, 0.29) is 0 Å². The molecule has 2 aromatic carbocycles. The number of nitriles is 3. The predicted molar refractivity (Wildman–Crippen MR) is 117 cm³/mol. The average Bonchev–Trinajstić information content (AvgIpc) is 2.97. The molecule has 0 aromatic heterocycles. The van der Waals surface area contributed by atoms with Crippen LogP contribution < -0.4 is 4.74 Å². The van der Waals surface area contributed by atoms with Crippen molar-refractivity contribution in [3.8, 4) is 24.0 Å². The number of hydrogen-bond acceptors (Lipinski definition) is 7. The first-order valence-electron chi connectivity index (χ1n) is 10.0. The zero-order valence-electron chi connectivity index (χ0n) is 17.4. The predicted octanol–water partition coefficient (Wildman–Crippen LogP) is 4.96. The van der Waals surface area contributed by atoms with E-state index in [0.717, 1.165) is 0 Å². The van der Waals surface area contributed by atoms with E-state index in [0.29, 0.717) is 28.0 Å². The van der Waals surface area contributed by atoms with E-state index >= 15 is 0 Å². The molecule has 2 aliphatic heterocycles. The third-order valence-electron chi connectivity index (χ3n) is 6.40. The lowest BCUT2D eigenvalue weighted by Crippen LogP contribution is -2.57. The van der Waals surface area contributed by atoms with Crippen molar-refractivity contribution in [2.24, 2.45) is 16.7 Å². The van der Waals surface area contributed by atoms with Crippen LogP contribution in [0.2, 0.25) is 0 Å². The highest BCUT2D eigenvalue weighted by atomic mass is 79.9. The second kappa shape index (κ2) is 7.64. The van der Waals surface area contributed by atoms with Gasteiger partial charge in [0, 0.05) is 15.6 Å². The zero-order valence-corrected chi connectivity index (χ0v) is 19.0. The van der Waals surface area contributed by atoms with Gasteiger partial charge in [0.25, 0.3) is 0 Å². The molecule has 160 valence electrons. The highest BCUT2D eigenvalue weighted by Gasteiger charge is 2.80. The third kappa shape index (κ3) is 2.56. The Kier molecular flexibility index (Phi) is 5.21. The molecule has 0 amide bonds. The molecule has 2 bridgehead atoms. The number of rotatable bonds is 4. The van der Waals surface area contributed by atoms with Gasteiger partial charge in [0.05, 0.1) is 30.7 Å². The highest BCUT2D eigenvalue weighted by molar-refractivity contribution is 9.10. The molecule has 2 fully saturated rings. The summed E-state index contributed by atoms with van der Waals surface area (Å²) in [5.41, 5.74) is -2.90. The molecule has 8 heteroatoms. The van der Waals surface area contributed by atoms with Gasteiger partial charge in [0.2, 0.25) is 17.1 Å². The Morgan fingerprint density at radius 2 is 1.78 bits per heavy atom. The van der Waals surface area contributed by atoms with Gasteiger partial charge in [-0.2, -0.15) is 15.8 Å². The topological polar surface area (TPSA) is 123 Å². The Hall–Kier alpha value is -3.38. The minimum Gasteiger partial charge on any atom is -0.493 e. The van der Waals surface area contributed by atoms with Crippen molar-refractivity contribution in [2.45, 2.75) is 25.7 Å². The first-order valence-corrected chi connectivity index (χ1v) is 10.8. The maximum Gasteiger partial charge on any atom is 0.244 e. The Labute approximate surface area is 194 Å². The van der Waals surface area contributed by atoms with Crippen LogP contribution in [-0.4, -0.2) is 12.5 Å².